The zero-order chi connectivity index (χ0) is 16.4. The summed E-state index contributed by atoms with van der Waals surface area (Å²) in [6.07, 6.45) is 1.39. The van der Waals surface area contributed by atoms with Gasteiger partial charge in [0.1, 0.15) is 6.54 Å². The van der Waals surface area contributed by atoms with Crippen molar-refractivity contribution < 1.29 is 4.79 Å². The van der Waals surface area contributed by atoms with Gasteiger partial charge in [-0.15, -0.1) is 0 Å². The smallest absolute Gasteiger partial charge is 0.261 e. The minimum atomic E-state index is -0.274. The lowest BCUT2D eigenvalue weighted by Crippen LogP contribution is -2.27. The lowest BCUT2D eigenvalue weighted by molar-refractivity contribution is -0.116. The summed E-state index contributed by atoms with van der Waals surface area (Å²) in [6.45, 7) is -0.0831. The molecular formula is C16H11BrIN3O2. The summed E-state index contributed by atoms with van der Waals surface area (Å²) in [5, 5.41) is 3.24. The fourth-order valence-corrected chi connectivity index (χ4v) is 2.85. The van der Waals surface area contributed by atoms with Gasteiger partial charge >= 0.3 is 0 Å². The maximum absolute atomic E-state index is 12.4. The van der Waals surface area contributed by atoms with Crippen molar-refractivity contribution in [3.05, 3.63) is 67.2 Å². The average molecular weight is 484 g/mol. The Balaban J connectivity index is 1.83. The Hall–Kier alpha value is -1.74. The van der Waals surface area contributed by atoms with E-state index >= 15 is 0 Å². The van der Waals surface area contributed by atoms with Crippen molar-refractivity contribution in [2.75, 3.05) is 5.32 Å². The first-order chi connectivity index (χ1) is 11.0. The molecule has 1 heterocycles. The van der Waals surface area contributed by atoms with E-state index < -0.39 is 0 Å². The first-order valence-corrected chi connectivity index (χ1v) is 8.60. The highest BCUT2D eigenvalue weighted by molar-refractivity contribution is 14.1. The van der Waals surface area contributed by atoms with Crippen LogP contribution in [0.25, 0.3) is 10.9 Å². The Morgan fingerprint density at radius 3 is 2.70 bits per heavy atom. The molecule has 0 unspecified atom stereocenters. The zero-order valence-electron chi connectivity index (χ0n) is 11.8. The van der Waals surface area contributed by atoms with Gasteiger partial charge in [-0.05, 0) is 65.1 Å². The van der Waals surface area contributed by atoms with Gasteiger partial charge in [0.15, 0.2) is 0 Å². The minimum absolute atomic E-state index is 0.0831. The second kappa shape index (κ2) is 6.79. The minimum Gasteiger partial charge on any atom is -0.325 e. The SMILES string of the molecule is O=C(Cn1cnc2ccc(Br)cc2c1=O)Nc1ccc(I)cc1. The van der Waals surface area contributed by atoms with Gasteiger partial charge in [-0.25, -0.2) is 4.98 Å². The second-order valence-electron chi connectivity index (χ2n) is 4.89. The van der Waals surface area contributed by atoms with Gasteiger partial charge < -0.3 is 5.32 Å². The van der Waals surface area contributed by atoms with Crippen molar-refractivity contribution in [3.63, 3.8) is 0 Å². The number of fused-ring (bicyclic) bond motifs is 1. The predicted molar refractivity (Wildman–Crippen MR) is 101 cm³/mol. The quantitative estimate of drug-likeness (QED) is 0.581. The Morgan fingerprint density at radius 2 is 1.96 bits per heavy atom. The van der Waals surface area contributed by atoms with Gasteiger partial charge in [0, 0.05) is 13.7 Å². The number of anilines is 1. The highest BCUT2D eigenvalue weighted by Gasteiger charge is 2.09. The number of rotatable bonds is 3. The monoisotopic (exact) mass is 483 g/mol. The molecule has 0 fully saturated rings. The van der Waals surface area contributed by atoms with E-state index in [1.54, 1.807) is 12.1 Å². The molecule has 0 radical (unpaired) electrons. The van der Waals surface area contributed by atoms with Crippen molar-refractivity contribution in [2.24, 2.45) is 0 Å². The first kappa shape index (κ1) is 16.1. The fourth-order valence-electron chi connectivity index (χ4n) is 2.13. The molecule has 1 amide bonds. The lowest BCUT2D eigenvalue weighted by Gasteiger charge is -2.08. The van der Waals surface area contributed by atoms with Crippen LogP contribution < -0.4 is 10.9 Å². The van der Waals surface area contributed by atoms with Crippen molar-refractivity contribution in [1.29, 1.82) is 0 Å². The molecule has 5 nitrogen and oxygen atoms in total. The van der Waals surface area contributed by atoms with Crippen LogP contribution in [0, 0.1) is 3.57 Å². The summed E-state index contributed by atoms with van der Waals surface area (Å²) in [5.41, 5.74) is 1.06. The summed E-state index contributed by atoms with van der Waals surface area (Å²) >= 11 is 5.53. The van der Waals surface area contributed by atoms with Crippen molar-refractivity contribution in [1.82, 2.24) is 9.55 Å². The molecule has 0 bridgehead atoms. The Labute approximate surface area is 154 Å². The number of nitrogens with zero attached hydrogens (tertiary/aromatic N) is 2. The maximum atomic E-state index is 12.4. The van der Waals surface area contributed by atoms with E-state index in [-0.39, 0.29) is 18.0 Å². The predicted octanol–water partition coefficient (Wildman–Crippen LogP) is 3.40. The third-order valence-corrected chi connectivity index (χ3v) is 4.44. The molecular weight excluding hydrogens is 473 g/mol. The number of carbonyl (C=O) groups is 1. The molecule has 0 aliphatic heterocycles. The number of hydrogen-bond acceptors (Lipinski definition) is 3. The third kappa shape index (κ3) is 3.78. The van der Waals surface area contributed by atoms with Crippen LogP contribution in [0.3, 0.4) is 0 Å². The van der Waals surface area contributed by atoms with Crippen LogP contribution in [0.15, 0.2) is 58.1 Å². The molecule has 0 saturated carbocycles. The van der Waals surface area contributed by atoms with Gasteiger partial charge in [0.2, 0.25) is 5.91 Å². The number of carbonyl (C=O) groups excluding carboxylic acids is 1. The van der Waals surface area contributed by atoms with Crippen LogP contribution in [-0.2, 0) is 11.3 Å². The molecule has 7 heteroatoms. The number of nitrogens with one attached hydrogen (secondary N) is 1. The van der Waals surface area contributed by atoms with E-state index in [1.807, 2.05) is 30.3 Å². The van der Waals surface area contributed by atoms with Crippen molar-refractivity contribution >= 4 is 61.0 Å². The summed E-state index contributed by atoms with van der Waals surface area (Å²) in [5.74, 6) is -0.274. The van der Waals surface area contributed by atoms with E-state index in [0.29, 0.717) is 16.6 Å². The summed E-state index contributed by atoms with van der Waals surface area (Å²) in [4.78, 5) is 28.8. The Kier molecular flexibility index (Phi) is 4.76. The lowest BCUT2D eigenvalue weighted by atomic mass is 10.2. The number of benzene rings is 2. The van der Waals surface area contributed by atoms with Gasteiger partial charge in [-0.3, -0.25) is 14.2 Å². The van der Waals surface area contributed by atoms with Crippen LogP contribution in [0.2, 0.25) is 0 Å². The molecule has 116 valence electrons. The molecule has 1 aromatic heterocycles. The summed E-state index contributed by atoms with van der Waals surface area (Å²) in [7, 11) is 0. The third-order valence-electron chi connectivity index (χ3n) is 3.23. The van der Waals surface area contributed by atoms with Crippen LogP contribution in [0.5, 0.6) is 0 Å². The van der Waals surface area contributed by atoms with E-state index in [2.05, 4.69) is 48.8 Å². The average Bonchev–Trinajstić information content (AvgIpc) is 2.53. The Morgan fingerprint density at radius 1 is 1.22 bits per heavy atom. The van der Waals surface area contributed by atoms with Crippen LogP contribution >= 0.6 is 38.5 Å². The first-order valence-electron chi connectivity index (χ1n) is 6.73. The molecule has 0 spiro atoms. The van der Waals surface area contributed by atoms with Crippen LogP contribution in [-0.4, -0.2) is 15.5 Å². The van der Waals surface area contributed by atoms with E-state index in [4.69, 9.17) is 0 Å². The largest absolute Gasteiger partial charge is 0.325 e. The number of halogens is 2. The number of amides is 1. The number of aromatic nitrogens is 2. The van der Waals surface area contributed by atoms with Gasteiger partial charge in [-0.1, -0.05) is 15.9 Å². The molecule has 0 atom stereocenters. The molecule has 3 aromatic rings. The van der Waals surface area contributed by atoms with Gasteiger partial charge in [0.05, 0.1) is 17.2 Å². The molecule has 1 N–H and O–H groups in total. The molecule has 2 aromatic carbocycles. The van der Waals surface area contributed by atoms with E-state index in [1.165, 1.54) is 10.9 Å². The van der Waals surface area contributed by atoms with Crippen molar-refractivity contribution in [3.8, 4) is 0 Å². The van der Waals surface area contributed by atoms with E-state index in [9.17, 15) is 9.59 Å². The summed E-state index contributed by atoms with van der Waals surface area (Å²) < 4.78 is 3.18. The second-order valence-corrected chi connectivity index (χ2v) is 7.06. The zero-order valence-corrected chi connectivity index (χ0v) is 15.5. The van der Waals surface area contributed by atoms with Crippen LogP contribution in [0.1, 0.15) is 0 Å². The van der Waals surface area contributed by atoms with Crippen molar-refractivity contribution in [2.45, 2.75) is 6.54 Å². The number of hydrogen-bond donors (Lipinski definition) is 1. The Bertz CT molecular complexity index is 938. The molecule has 0 saturated heterocycles. The molecule has 0 aliphatic rings. The topological polar surface area (TPSA) is 64.0 Å². The van der Waals surface area contributed by atoms with Gasteiger partial charge in [-0.2, -0.15) is 0 Å². The fraction of sp³-hybridized carbons (Fsp3) is 0.0625. The highest BCUT2D eigenvalue weighted by atomic mass is 127. The summed E-state index contributed by atoms with van der Waals surface area (Å²) in [6, 6.07) is 12.7. The molecule has 3 rings (SSSR count). The normalized spacial score (nSPS) is 10.7. The standard InChI is InChI=1S/C16H11BrIN3O2/c17-10-1-6-14-13(7-10)16(23)21(9-19-14)8-15(22)20-12-4-2-11(18)3-5-12/h1-7,9H,8H2,(H,20,22). The highest BCUT2D eigenvalue weighted by Crippen LogP contribution is 2.15. The molecule has 0 aliphatic carbocycles. The maximum Gasteiger partial charge on any atom is 0.261 e. The van der Waals surface area contributed by atoms with Crippen LogP contribution in [0.4, 0.5) is 5.69 Å². The molecule has 23 heavy (non-hydrogen) atoms. The van der Waals surface area contributed by atoms with E-state index in [0.717, 1.165) is 8.04 Å². The van der Waals surface area contributed by atoms with Gasteiger partial charge in [0.25, 0.3) is 5.56 Å².